The third kappa shape index (κ3) is 3.46. The molecule has 0 aromatic carbocycles. The summed E-state index contributed by atoms with van der Waals surface area (Å²) in [6, 6.07) is 0. The number of rotatable bonds is 3. The molecule has 0 aliphatic carbocycles. The topological polar surface area (TPSA) is 117 Å². The highest BCUT2D eigenvalue weighted by Gasteiger charge is 2.22. The van der Waals surface area contributed by atoms with Gasteiger partial charge >= 0.3 is 0 Å². The molecule has 14 heavy (non-hydrogen) atoms. The van der Waals surface area contributed by atoms with E-state index in [1.807, 2.05) is 0 Å². The molecule has 0 aromatic rings. The van der Waals surface area contributed by atoms with Crippen LogP contribution in [0.4, 0.5) is 0 Å². The highest BCUT2D eigenvalue weighted by molar-refractivity contribution is 6.13. The molecule has 0 saturated carbocycles. The maximum absolute atomic E-state index is 10.9. The standard InChI is InChI=1S/C8H9NO3.2H2O/c1-6(10)4-5-9-7(11)2-3-8(9)12;;/h2-3H,4-5H2,1H3;2*1H2. The SMILES string of the molecule is CC(=O)CCN1C(=O)C=CC1=O.O.O. The second kappa shape index (κ2) is 6.01. The molecule has 1 rings (SSSR count). The second-order valence-electron chi connectivity index (χ2n) is 2.61. The minimum absolute atomic E-state index is 0. The molecule has 6 nitrogen and oxygen atoms in total. The molecule has 0 radical (unpaired) electrons. The van der Waals surface area contributed by atoms with Crippen molar-refractivity contribution in [2.24, 2.45) is 0 Å². The Hall–Kier alpha value is -1.53. The van der Waals surface area contributed by atoms with Crippen LogP contribution in [0.15, 0.2) is 12.2 Å². The van der Waals surface area contributed by atoms with Crippen molar-refractivity contribution in [3.8, 4) is 0 Å². The highest BCUT2D eigenvalue weighted by Crippen LogP contribution is 2.03. The number of hydrogen-bond acceptors (Lipinski definition) is 3. The number of nitrogens with zero attached hydrogens (tertiary/aromatic N) is 1. The Morgan fingerprint density at radius 1 is 1.21 bits per heavy atom. The van der Waals surface area contributed by atoms with E-state index in [1.165, 1.54) is 19.1 Å². The average Bonchev–Trinajstić information content (AvgIpc) is 2.28. The number of imide groups is 1. The van der Waals surface area contributed by atoms with Gasteiger partial charge in [-0.15, -0.1) is 0 Å². The van der Waals surface area contributed by atoms with Crippen LogP contribution in [0.5, 0.6) is 0 Å². The summed E-state index contributed by atoms with van der Waals surface area (Å²) in [5.74, 6) is -0.690. The van der Waals surface area contributed by atoms with Gasteiger partial charge < -0.3 is 11.0 Å². The summed E-state index contributed by atoms with van der Waals surface area (Å²) in [4.78, 5) is 33.4. The first kappa shape index (κ1) is 15.0. The first-order valence-electron chi connectivity index (χ1n) is 3.64. The summed E-state index contributed by atoms with van der Waals surface area (Å²) in [5.41, 5.74) is 0. The lowest BCUT2D eigenvalue weighted by atomic mass is 10.3. The van der Waals surface area contributed by atoms with Crippen LogP contribution in [0, 0.1) is 0 Å². The maximum Gasteiger partial charge on any atom is 0.253 e. The van der Waals surface area contributed by atoms with Crippen LogP contribution in [0.2, 0.25) is 0 Å². The summed E-state index contributed by atoms with van der Waals surface area (Å²) in [5, 5.41) is 0. The van der Waals surface area contributed by atoms with E-state index in [2.05, 4.69) is 0 Å². The zero-order valence-corrected chi connectivity index (χ0v) is 7.74. The zero-order chi connectivity index (χ0) is 9.14. The van der Waals surface area contributed by atoms with Gasteiger partial charge in [-0.05, 0) is 6.92 Å². The van der Waals surface area contributed by atoms with Crippen molar-refractivity contribution in [2.75, 3.05) is 6.54 Å². The molecule has 0 fully saturated rings. The lowest BCUT2D eigenvalue weighted by molar-refractivity contribution is -0.137. The van der Waals surface area contributed by atoms with E-state index in [0.717, 1.165) is 4.90 Å². The molecule has 0 aromatic heterocycles. The van der Waals surface area contributed by atoms with Gasteiger partial charge in [-0.2, -0.15) is 0 Å². The van der Waals surface area contributed by atoms with Crippen LogP contribution in [0.1, 0.15) is 13.3 Å². The molecule has 1 heterocycles. The third-order valence-corrected chi connectivity index (χ3v) is 1.59. The van der Waals surface area contributed by atoms with Crippen LogP contribution in [0.25, 0.3) is 0 Å². The molecule has 0 unspecified atom stereocenters. The Bertz CT molecular complexity index is 253. The number of Topliss-reactive ketones (excluding diaryl/α,β-unsaturated/α-hetero) is 1. The van der Waals surface area contributed by atoms with Crippen molar-refractivity contribution >= 4 is 17.6 Å². The van der Waals surface area contributed by atoms with E-state index in [9.17, 15) is 14.4 Å². The summed E-state index contributed by atoms with van der Waals surface area (Å²) in [6.07, 6.45) is 2.66. The summed E-state index contributed by atoms with van der Waals surface area (Å²) in [7, 11) is 0. The van der Waals surface area contributed by atoms with E-state index in [1.54, 1.807) is 0 Å². The van der Waals surface area contributed by atoms with Gasteiger partial charge in [-0.25, -0.2) is 0 Å². The number of amides is 2. The fourth-order valence-electron chi connectivity index (χ4n) is 0.921. The van der Waals surface area contributed by atoms with Crippen LogP contribution >= 0.6 is 0 Å². The minimum atomic E-state index is -0.332. The van der Waals surface area contributed by atoms with Gasteiger partial charge in [-0.1, -0.05) is 0 Å². The molecule has 0 bridgehead atoms. The molecule has 1 aliphatic rings. The van der Waals surface area contributed by atoms with Crippen molar-refractivity contribution in [2.45, 2.75) is 13.3 Å². The lowest BCUT2D eigenvalue weighted by Gasteiger charge is -2.11. The van der Waals surface area contributed by atoms with Crippen molar-refractivity contribution in [3.05, 3.63) is 12.2 Å². The summed E-state index contributed by atoms with van der Waals surface area (Å²) >= 11 is 0. The Morgan fingerprint density at radius 2 is 1.64 bits per heavy atom. The van der Waals surface area contributed by atoms with E-state index in [0.29, 0.717) is 0 Å². The zero-order valence-electron chi connectivity index (χ0n) is 7.74. The van der Waals surface area contributed by atoms with Gasteiger partial charge in [0.05, 0.1) is 0 Å². The number of carbonyl (C=O) groups excluding carboxylic acids is 3. The monoisotopic (exact) mass is 203 g/mol. The van der Waals surface area contributed by atoms with E-state index >= 15 is 0 Å². The molecule has 0 atom stereocenters. The molecule has 6 heteroatoms. The molecular weight excluding hydrogens is 190 g/mol. The number of carbonyl (C=O) groups is 3. The molecule has 4 N–H and O–H groups in total. The quantitative estimate of drug-likeness (QED) is 0.505. The minimum Gasteiger partial charge on any atom is -0.412 e. The van der Waals surface area contributed by atoms with Gasteiger partial charge in [0, 0.05) is 25.1 Å². The maximum atomic E-state index is 10.9. The predicted octanol–water partition coefficient (Wildman–Crippen LogP) is -1.76. The normalized spacial score (nSPS) is 13.6. The van der Waals surface area contributed by atoms with Crippen molar-refractivity contribution in [1.82, 2.24) is 4.90 Å². The van der Waals surface area contributed by atoms with Crippen LogP contribution in [-0.4, -0.2) is 40.0 Å². The van der Waals surface area contributed by atoms with Gasteiger partial charge in [-0.3, -0.25) is 19.3 Å². The van der Waals surface area contributed by atoms with Crippen molar-refractivity contribution < 1.29 is 25.3 Å². The Kier molecular flexibility index (Phi) is 6.42. The van der Waals surface area contributed by atoms with E-state index in [-0.39, 0.29) is 41.5 Å². The molecule has 1 aliphatic heterocycles. The lowest BCUT2D eigenvalue weighted by Crippen LogP contribution is -2.31. The fourth-order valence-corrected chi connectivity index (χ4v) is 0.921. The molecule has 80 valence electrons. The Morgan fingerprint density at radius 3 is 2.00 bits per heavy atom. The predicted molar refractivity (Wildman–Crippen MR) is 48.4 cm³/mol. The van der Waals surface area contributed by atoms with Crippen molar-refractivity contribution in [3.63, 3.8) is 0 Å². The van der Waals surface area contributed by atoms with Gasteiger partial charge in [0.2, 0.25) is 0 Å². The molecule has 0 spiro atoms. The van der Waals surface area contributed by atoms with Gasteiger partial charge in [0.25, 0.3) is 11.8 Å². The van der Waals surface area contributed by atoms with Crippen LogP contribution in [0.3, 0.4) is 0 Å². The van der Waals surface area contributed by atoms with Crippen molar-refractivity contribution in [1.29, 1.82) is 0 Å². The van der Waals surface area contributed by atoms with Crippen LogP contribution < -0.4 is 0 Å². The molecule has 0 saturated heterocycles. The Labute approximate surface area is 80.8 Å². The first-order chi connectivity index (χ1) is 5.61. The smallest absolute Gasteiger partial charge is 0.253 e. The second-order valence-corrected chi connectivity index (χ2v) is 2.61. The third-order valence-electron chi connectivity index (χ3n) is 1.59. The summed E-state index contributed by atoms with van der Waals surface area (Å²) in [6.45, 7) is 1.62. The van der Waals surface area contributed by atoms with Crippen LogP contribution in [-0.2, 0) is 14.4 Å². The molecule has 2 amide bonds. The van der Waals surface area contributed by atoms with Gasteiger partial charge in [0.15, 0.2) is 0 Å². The average molecular weight is 203 g/mol. The van der Waals surface area contributed by atoms with E-state index in [4.69, 9.17) is 0 Å². The van der Waals surface area contributed by atoms with E-state index < -0.39 is 0 Å². The molecular formula is C8H13NO5. The first-order valence-corrected chi connectivity index (χ1v) is 3.64. The Balaban J connectivity index is 0. The number of hydrogen-bond donors (Lipinski definition) is 0. The highest BCUT2D eigenvalue weighted by atomic mass is 16.2. The number of ketones is 1. The fraction of sp³-hybridized carbons (Fsp3) is 0.375. The van der Waals surface area contributed by atoms with Gasteiger partial charge in [0.1, 0.15) is 5.78 Å². The largest absolute Gasteiger partial charge is 0.412 e. The summed E-state index contributed by atoms with van der Waals surface area (Å²) < 4.78 is 0.